The van der Waals surface area contributed by atoms with E-state index >= 15 is 0 Å². The van der Waals surface area contributed by atoms with Crippen LogP contribution < -0.4 is 4.74 Å². The van der Waals surface area contributed by atoms with Crippen molar-refractivity contribution in [2.45, 2.75) is 57.6 Å². The second-order valence-corrected chi connectivity index (χ2v) is 10.6. The van der Waals surface area contributed by atoms with Crippen molar-refractivity contribution in [1.82, 2.24) is 9.88 Å². The predicted octanol–water partition coefficient (Wildman–Crippen LogP) is 4.71. The molecule has 0 radical (unpaired) electrons. The highest BCUT2D eigenvalue weighted by molar-refractivity contribution is 6.20. The third-order valence-corrected chi connectivity index (χ3v) is 8.19. The molecular formula is C29H31N3O3. The van der Waals surface area contributed by atoms with Gasteiger partial charge in [0.2, 0.25) is 0 Å². The molecule has 180 valence electrons. The third kappa shape index (κ3) is 3.49. The lowest BCUT2D eigenvalue weighted by atomic mass is 9.70. The molecule has 0 bridgehead atoms. The number of benzene rings is 2. The highest BCUT2D eigenvalue weighted by atomic mass is 16.5. The average Bonchev–Trinajstić information content (AvgIpc) is 3.22. The fourth-order valence-corrected chi connectivity index (χ4v) is 5.93. The van der Waals surface area contributed by atoms with Gasteiger partial charge in [0.25, 0.3) is 0 Å². The first-order valence-electron chi connectivity index (χ1n) is 12.7. The SMILES string of the molecule is CCc1cc2c(cc1OC1CCN(C3COC3)CC1)C(C)(C)c1[nH]c3cc(C#N)ccc3c1C2=O. The molecule has 0 spiro atoms. The van der Waals surface area contributed by atoms with Gasteiger partial charge < -0.3 is 14.5 Å². The summed E-state index contributed by atoms with van der Waals surface area (Å²) in [7, 11) is 0. The van der Waals surface area contributed by atoms with E-state index in [1.54, 1.807) is 6.07 Å². The highest BCUT2D eigenvalue weighted by Crippen LogP contribution is 2.46. The van der Waals surface area contributed by atoms with Gasteiger partial charge in [0.1, 0.15) is 11.9 Å². The molecule has 2 aromatic carbocycles. The lowest BCUT2D eigenvalue weighted by molar-refractivity contribution is -0.0778. The Kier molecular flexibility index (Phi) is 5.24. The molecule has 6 rings (SSSR count). The Morgan fingerprint density at radius 1 is 1.20 bits per heavy atom. The zero-order chi connectivity index (χ0) is 24.3. The van der Waals surface area contributed by atoms with Gasteiger partial charge in [-0.25, -0.2) is 0 Å². The Labute approximate surface area is 205 Å². The van der Waals surface area contributed by atoms with Gasteiger partial charge in [0, 0.05) is 40.7 Å². The normalized spacial score (nSPS) is 20.2. The molecule has 2 saturated heterocycles. The van der Waals surface area contributed by atoms with E-state index in [1.807, 2.05) is 12.1 Å². The Morgan fingerprint density at radius 3 is 2.63 bits per heavy atom. The van der Waals surface area contributed by atoms with Crippen LogP contribution in [0.15, 0.2) is 30.3 Å². The van der Waals surface area contributed by atoms with Gasteiger partial charge in [-0.05, 0) is 54.7 Å². The molecule has 2 aliphatic heterocycles. The number of nitriles is 1. The van der Waals surface area contributed by atoms with Gasteiger partial charge in [-0.1, -0.05) is 26.8 Å². The number of ketones is 1. The number of ether oxygens (including phenoxy) is 2. The summed E-state index contributed by atoms with van der Waals surface area (Å²) in [6.07, 6.45) is 3.01. The van der Waals surface area contributed by atoms with Crippen LogP contribution in [0.5, 0.6) is 5.75 Å². The van der Waals surface area contributed by atoms with Gasteiger partial charge in [0.15, 0.2) is 5.78 Å². The maximum Gasteiger partial charge on any atom is 0.195 e. The summed E-state index contributed by atoms with van der Waals surface area (Å²) in [5.74, 6) is 0.950. The Morgan fingerprint density at radius 2 is 1.97 bits per heavy atom. The fourth-order valence-electron chi connectivity index (χ4n) is 5.93. The molecule has 3 heterocycles. The van der Waals surface area contributed by atoms with E-state index in [4.69, 9.17) is 9.47 Å². The van der Waals surface area contributed by atoms with Crippen LogP contribution in [0.3, 0.4) is 0 Å². The van der Waals surface area contributed by atoms with Crippen molar-refractivity contribution in [2.24, 2.45) is 0 Å². The molecule has 6 nitrogen and oxygen atoms in total. The number of carbonyl (C=O) groups is 1. The van der Waals surface area contributed by atoms with E-state index < -0.39 is 5.41 Å². The predicted molar refractivity (Wildman–Crippen MR) is 134 cm³/mol. The number of carbonyl (C=O) groups excluding carboxylic acids is 1. The molecule has 3 aromatic rings. The summed E-state index contributed by atoms with van der Waals surface area (Å²) in [4.78, 5) is 19.8. The minimum atomic E-state index is -0.400. The topological polar surface area (TPSA) is 78.3 Å². The second kappa shape index (κ2) is 8.22. The highest BCUT2D eigenvalue weighted by Gasteiger charge is 2.40. The number of nitrogens with one attached hydrogen (secondary N) is 1. The molecule has 0 atom stereocenters. The van der Waals surface area contributed by atoms with E-state index in [-0.39, 0.29) is 11.9 Å². The number of hydrogen-bond donors (Lipinski definition) is 1. The van der Waals surface area contributed by atoms with Crippen LogP contribution in [0.25, 0.3) is 10.9 Å². The zero-order valence-electron chi connectivity index (χ0n) is 20.6. The molecule has 3 aliphatic rings. The summed E-state index contributed by atoms with van der Waals surface area (Å²) >= 11 is 0. The molecule has 1 aliphatic carbocycles. The quantitative estimate of drug-likeness (QED) is 0.599. The second-order valence-electron chi connectivity index (χ2n) is 10.6. The van der Waals surface area contributed by atoms with Gasteiger partial charge in [0.05, 0.1) is 36.5 Å². The first-order chi connectivity index (χ1) is 16.9. The standard InChI is InChI=1S/C29H31N3O3/c1-4-18-12-22-23(13-25(18)35-20-7-9-32(10-8-20)19-15-34-16-19)29(2,3)28-26(27(22)33)21-6-5-17(14-30)11-24(21)31-28/h5-6,11-13,19-20,31H,4,7-10,15-16H2,1-3H3. The number of nitrogens with zero attached hydrogens (tertiary/aromatic N) is 2. The minimum absolute atomic E-state index is 0.0440. The van der Waals surface area contributed by atoms with E-state index in [1.165, 1.54) is 0 Å². The number of aromatic amines is 1. The van der Waals surface area contributed by atoms with Crippen molar-refractivity contribution in [3.05, 3.63) is 63.8 Å². The van der Waals surface area contributed by atoms with Crippen LogP contribution in [0, 0.1) is 11.3 Å². The molecule has 6 heteroatoms. The van der Waals surface area contributed by atoms with Crippen LogP contribution in [-0.2, 0) is 16.6 Å². The Bertz CT molecular complexity index is 1370. The molecule has 0 unspecified atom stereocenters. The minimum Gasteiger partial charge on any atom is -0.490 e. The van der Waals surface area contributed by atoms with Gasteiger partial charge >= 0.3 is 0 Å². The van der Waals surface area contributed by atoms with Crippen molar-refractivity contribution in [3.63, 3.8) is 0 Å². The van der Waals surface area contributed by atoms with Gasteiger partial charge in [-0.15, -0.1) is 0 Å². The lowest BCUT2D eigenvalue weighted by Gasteiger charge is -2.41. The van der Waals surface area contributed by atoms with E-state index in [0.29, 0.717) is 11.6 Å². The van der Waals surface area contributed by atoms with E-state index in [9.17, 15) is 10.1 Å². The number of hydrogen-bond acceptors (Lipinski definition) is 5. The first kappa shape index (κ1) is 22.3. The first-order valence-corrected chi connectivity index (χ1v) is 12.7. The average molecular weight is 470 g/mol. The molecule has 1 aromatic heterocycles. The van der Waals surface area contributed by atoms with Crippen LogP contribution in [0.2, 0.25) is 0 Å². The molecule has 35 heavy (non-hydrogen) atoms. The van der Waals surface area contributed by atoms with E-state index in [0.717, 1.165) is 90.2 Å². The van der Waals surface area contributed by atoms with Crippen molar-refractivity contribution in [1.29, 1.82) is 5.26 Å². The fraction of sp³-hybridized carbons (Fsp3) is 0.448. The molecule has 0 amide bonds. The van der Waals surface area contributed by atoms with Crippen molar-refractivity contribution < 1.29 is 14.3 Å². The molecule has 1 N–H and O–H groups in total. The van der Waals surface area contributed by atoms with Crippen molar-refractivity contribution in [3.8, 4) is 11.8 Å². The lowest BCUT2D eigenvalue weighted by Crippen LogP contribution is -2.52. The van der Waals surface area contributed by atoms with Crippen LogP contribution in [0.4, 0.5) is 0 Å². The van der Waals surface area contributed by atoms with Crippen molar-refractivity contribution >= 4 is 16.7 Å². The van der Waals surface area contributed by atoms with Crippen molar-refractivity contribution in [2.75, 3.05) is 26.3 Å². The molecule has 2 fully saturated rings. The summed E-state index contributed by atoms with van der Waals surface area (Å²) < 4.78 is 12.0. The number of likely N-dealkylation sites (tertiary alicyclic amines) is 1. The smallest absolute Gasteiger partial charge is 0.195 e. The maximum atomic E-state index is 13.8. The zero-order valence-corrected chi connectivity index (χ0v) is 20.6. The number of piperidine rings is 1. The summed E-state index contributed by atoms with van der Waals surface area (Å²) in [6, 6.07) is 12.4. The Hall–Kier alpha value is -3.14. The number of aromatic nitrogens is 1. The maximum absolute atomic E-state index is 13.8. The largest absolute Gasteiger partial charge is 0.490 e. The third-order valence-electron chi connectivity index (χ3n) is 8.19. The number of rotatable bonds is 4. The molecular weight excluding hydrogens is 438 g/mol. The Balaban J connectivity index is 1.35. The summed E-state index contributed by atoms with van der Waals surface area (Å²) in [5, 5.41) is 10.2. The van der Waals surface area contributed by atoms with Crippen LogP contribution in [0.1, 0.15) is 71.9 Å². The van der Waals surface area contributed by atoms with Gasteiger partial charge in [-0.2, -0.15) is 5.26 Å². The van der Waals surface area contributed by atoms with E-state index in [2.05, 4.69) is 48.9 Å². The number of H-pyrrole nitrogens is 1. The summed E-state index contributed by atoms with van der Waals surface area (Å²) in [6.45, 7) is 10.2. The summed E-state index contributed by atoms with van der Waals surface area (Å²) in [5.41, 5.74) is 5.49. The number of fused-ring (bicyclic) bond motifs is 4. The monoisotopic (exact) mass is 469 g/mol. The molecule has 0 saturated carbocycles. The number of aryl methyl sites for hydroxylation is 1. The van der Waals surface area contributed by atoms with Crippen LogP contribution in [-0.4, -0.2) is 54.1 Å². The van der Waals surface area contributed by atoms with Crippen LogP contribution >= 0.6 is 0 Å². The van der Waals surface area contributed by atoms with Gasteiger partial charge in [-0.3, -0.25) is 9.69 Å².